The third kappa shape index (κ3) is 1.67. The van der Waals surface area contributed by atoms with E-state index < -0.39 is 5.82 Å². The minimum absolute atomic E-state index is 0.0304. The van der Waals surface area contributed by atoms with Gasteiger partial charge in [-0.25, -0.2) is 4.39 Å². The van der Waals surface area contributed by atoms with E-state index in [1.165, 1.54) is 0 Å². The third-order valence-electron chi connectivity index (χ3n) is 3.84. The Balaban J connectivity index is 2.27. The monoisotopic (exact) mass is 278 g/mol. The number of halogens is 1. The summed E-state index contributed by atoms with van der Waals surface area (Å²) in [5, 5.41) is 2.68. The Morgan fingerprint density at radius 3 is 2.43 bits per heavy atom. The fraction of sp³-hybridized carbons (Fsp3) is 0.0556. The third-order valence-corrected chi connectivity index (χ3v) is 3.84. The molecule has 1 aromatic heterocycles. The van der Waals surface area contributed by atoms with Gasteiger partial charge in [0.15, 0.2) is 11.4 Å². The van der Waals surface area contributed by atoms with Gasteiger partial charge >= 0.3 is 0 Å². The Bertz CT molecular complexity index is 1080. The van der Waals surface area contributed by atoms with Gasteiger partial charge in [-0.1, -0.05) is 30.3 Å². The molecule has 0 bridgehead atoms. The molecule has 0 amide bonds. The van der Waals surface area contributed by atoms with E-state index in [0.29, 0.717) is 16.5 Å². The first-order valence-electron chi connectivity index (χ1n) is 6.69. The van der Waals surface area contributed by atoms with Crippen LogP contribution in [0.1, 0.15) is 5.56 Å². The molecule has 102 valence electrons. The van der Waals surface area contributed by atoms with Crippen molar-refractivity contribution < 1.29 is 8.81 Å². The zero-order chi connectivity index (χ0) is 14.6. The molecule has 0 aliphatic heterocycles. The van der Waals surface area contributed by atoms with Crippen molar-refractivity contribution in [2.45, 2.75) is 6.92 Å². The molecule has 0 aliphatic rings. The molecular weight excluding hydrogens is 267 g/mol. The lowest BCUT2D eigenvalue weighted by atomic mass is 10.1. The SMILES string of the molecule is Cc1ccc2c(=O)c3cc4ccccc4cc3oc2c1F. The Labute approximate surface area is 119 Å². The van der Waals surface area contributed by atoms with E-state index in [0.717, 1.165) is 10.8 Å². The summed E-state index contributed by atoms with van der Waals surface area (Å²) in [6.07, 6.45) is 0. The van der Waals surface area contributed by atoms with Crippen molar-refractivity contribution in [1.82, 2.24) is 0 Å². The van der Waals surface area contributed by atoms with Crippen molar-refractivity contribution >= 4 is 32.7 Å². The molecule has 0 spiro atoms. The molecule has 0 N–H and O–H groups in total. The van der Waals surface area contributed by atoms with Crippen molar-refractivity contribution in [3.8, 4) is 0 Å². The molecule has 21 heavy (non-hydrogen) atoms. The van der Waals surface area contributed by atoms with E-state index in [1.54, 1.807) is 31.2 Å². The van der Waals surface area contributed by atoms with Gasteiger partial charge in [-0.3, -0.25) is 4.79 Å². The lowest BCUT2D eigenvalue weighted by Crippen LogP contribution is -2.03. The maximum absolute atomic E-state index is 14.2. The number of rotatable bonds is 0. The molecule has 0 atom stereocenters. The predicted octanol–water partition coefficient (Wildman–Crippen LogP) is 4.55. The van der Waals surface area contributed by atoms with Gasteiger partial charge < -0.3 is 4.42 Å². The number of benzene rings is 3. The summed E-state index contributed by atoms with van der Waals surface area (Å²) in [7, 11) is 0. The number of hydrogen-bond donors (Lipinski definition) is 0. The van der Waals surface area contributed by atoms with Gasteiger partial charge in [-0.2, -0.15) is 0 Å². The number of hydrogen-bond acceptors (Lipinski definition) is 2. The van der Waals surface area contributed by atoms with Crippen LogP contribution in [0.3, 0.4) is 0 Å². The number of aryl methyl sites for hydroxylation is 1. The maximum Gasteiger partial charge on any atom is 0.200 e. The molecular formula is C18H11FO2. The average molecular weight is 278 g/mol. The molecule has 2 nitrogen and oxygen atoms in total. The number of fused-ring (bicyclic) bond motifs is 3. The van der Waals surface area contributed by atoms with Crippen LogP contribution in [-0.2, 0) is 0 Å². The van der Waals surface area contributed by atoms with Crippen molar-refractivity contribution in [3.05, 3.63) is 70.1 Å². The van der Waals surface area contributed by atoms with Gasteiger partial charge in [0.05, 0.1) is 10.8 Å². The molecule has 0 saturated carbocycles. The molecule has 3 heteroatoms. The zero-order valence-electron chi connectivity index (χ0n) is 11.3. The van der Waals surface area contributed by atoms with Crippen LogP contribution in [0.25, 0.3) is 32.7 Å². The van der Waals surface area contributed by atoms with Crippen LogP contribution in [0.4, 0.5) is 4.39 Å². The minimum atomic E-state index is -0.473. The first-order chi connectivity index (χ1) is 10.1. The largest absolute Gasteiger partial charge is 0.453 e. The average Bonchev–Trinajstić information content (AvgIpc) is 2.50. The van der Waals surface area contributed by atoms with E-state index in [4.69, 9.17) is 4.42 Å². The quantitative estimate of drug-likeness (QED) is 0.442. The van der Waals surface area contributed by atoms with Gasteiger partial charge in [-0.15, -0.1) is 0 Å². The smallest absolute Gasteiger partial charge is 0.200 e. The second-order valence-electron chi connectivity index (χ2n) is 5.20. The highest BCUT2D eigenvalue weighted by molar-refractivity contribution is 5.99. The molecule has 0 fully saturated rings. The van der Waals surface area contributed by atoms with Crippen molar-refractivity contribution in [1.29, 1.82) is 0 Å². The van der Waals surface area contributed by atoms with Gasteiger partial charge in [0.1, 0.15) is 5.58 Å². The molecule has 0 unspecified atom stereocenters. The van der Waals surface area contributed by atoms with Gasteiger partial charge in [0, 0.05) is 0 Å². The minimum Gasteiger partial charge on any atom is -0.453 e. The molecule has 3 aromatic carbocycles. The van der Waals surface area contributed by atoms with Gasteiger partial charge in [0.2, 0.25) is 5.43 Å². The van der Waals surface area contributed by atoms with E-state index in [9.17, 15) is 9.18 Å². The Morgan fingerprint density at radius 2 is 1.67 bits per heavy atom. The topological polar surface area (TPSA) is 30.2 Å². The molecule has 0 saturated heterocycles. The van der Waals surface area contributed by atoms with E-state index >= 15 is 0 Å². The summed E-state index contributed by atoms with van der Waals surface area (Å²) < 4.78 is 19.9. The Hall–Kier alpha value is -2.68. The Morgan fingerprint density at radius 1 is 0.952 bits per heavy atom. The van der Waals surface area contributed by atoms with Crippen molar-refractivity contribution in [2.24, 2.45) is 0 Å². The van der Waals surface area contributed by atoms with Gasteiger partial charge in [-0.05, 0) is 41.5 Å². The fourth-order valence-electron chi connectivity index (χ4n) is 2.67. The first kappa shape index (κ1) is 12.1. The van der Waals surface area contributed by atoms with Crippen LogP contribution in [0.2, 0.25) is 0 Å². The summed E-state index contributed by atoms with van der Waals surface area (Å²) in [5.41, 5.74) is 0.708. The predicted molar refractivity (Wildman–Crippen MR) is 82.2 cm³/mol. The zero-order valence-corrected chi connectivity index (χ0v) is 11.3. The highest BCUT2D eigenvalue weighted by Gasteiger charge is 2.13. The van der Waals surface area contributed by atoms with E-state index in [-0.39, 0.29) is 16.4 Å². The van der Waals surface area contributed by atoms with Crippen LogP contribution in [0.5, 0.6) is 0 Å². The molecule has 4 aromatic rings. The lowest BCUT2D eigenvalue weighted by molar-refractivity contribution is 0.574. The molecule has 0 aliphatic carbocycles. The van der Waals surface area contributed by atoms with E-state index in [2.05, 4.69) is 0 Å². The van der Waals surface area contributed by atoms with Gasteiger partial charge in [0.25, 0.3) is 0 Å². The lowest BCUT2D eigenvalue weighted by Gasteiger charge is -2.05. The standard InChI is InChI=1S/C18H11FO2/c1-10-6-7-13-17(20)14-8-11-4-2-3-5-12(11)9-15(14)21-18(13)16(10)19/h2-9H,1H3. The molecule has 4 rings (SSSR count). The highest BCUT2D eigenvalue weighted by atomic mass is 19.1. The summed E-state index contributed by atoms with van der Waals surface area (Å²) in [6, 6.07) is 14.5. The van der Waals surface area contributed by atoms with Crippen LogP contribution in [-0.4, -0.2) is 0 Å². The van der Waals surface area contributed by atoms with Crippen LogP contribution in [0, 0.1) is 12.7 Å². The normalized spacial score (nSPS) is 11.5. The van der Waals surface area contributed by atoms with Crippen LogP contribution >= 0.6 is 0 Å². The van der Waals surface area contributed by atoms with Crippen LogP contribution in [0.15, 0.2) is 57.7 Å². The summed E-state index contributed by atoms with van der Waals surface area (Å²) in [6.45, 7) is 1.65. The summed E-state index contributed by atoms with van der Waals surface area (Å²) in [4.78, 5) is 12.6. The fourth-order valence-corrected chi connectivity index (χ4v) is 2.67. The van der Waals surface area contributed by atoms with Crippen molar-refractivity contribution in [3.63, 3.8) is 0 Å². The summed E-state index contributed by atoms with van der Waals surface area (Å²) in [5.74, 6) is -0.473. The molecule has 0 radical (unpaired) electrons. The second-order valence-corrected chi connectivity index (χ2v) is 5.20. The Kier molecular flexibility index (Phi) is 2.39. The maximum atomic E-state index is 14.2. The molecule has 1 heterocycles. The summed E-state index contributed by atoms with van der Waals surface area (Å²) >= 11 is 0. The van der Waals surface area contributed by atoms with E-state index in [1.807, 2.05) is 24.3 Å². The second kappa shape index (κ2) is 4.16. The first-order valence-corrected chi connectivity index (χ1v) is 6.69. The van der Waals surface area contributed by atoms with Crippen LogP contribution < -0.4 is 5.43 Å². The highest BCUT2D eigenvalue weighted by Crippen LogP contribution is 2.26. The van der Waals surface area contributed by atoms with Crippen molar-refractivity contribution in [2.75, 3.05) is 0 Å².